The Hall–Kier alpha value is -2.96. The van der Waals surface area contributed by atoms with Gasteiger partial charge < -0.3 is 14.4 Å². The van der Waals surface area contributed by atoms with Crippen LogP contribution in [0.15, 0.2) is 54.6 Å². The number of alkyl halides is 2. The highest BCUT2D eigenvalue weighted by Crippen LogP contribution is 2.22. The lowest BCUT2D eigenvalue weighted by atomic mass is 10.0. The van der Waals surface area contributed by atoms with E-state index in [1.54, 1.807) is 4.90 Å². The van der Waals surface area contributed by atoms with Gasteiger partial charge in [-0.25, -0.2) is 4.79 Å². The molecule has 0 unspecified atom stereocenters. The zero-order chi connectivity index (χ0) is 20.7. The lowest BCUT2D eigenvalue weighted by molar-refractivity contribution is -0.140. The van der Waals surface area contributed by atoms with Gasteiger partial charge in [0, 0.05) is 12.1 Å². The van der Waals surface area contributed by atoms with E-state index >= 15 is 0 Å². The molecule has 2 aromatic carbocycles. The molecule has 0 spiro atoms. The van der Waals surface area contributed by atoms with Gasteiger partial charge in [0.15, 0.2) is 6.61 Å². The van der Waals surface area contributed by atoms with E-state index in [9.17, 15) is 18.4 Å². The monoisotopic (exact) mass is 391 g/mol. The van der Waals surface area contributed by atoms with Gasteiger partial charge in [-0.05, 0) is 38.5 Å². The Bertz CT molecular complexity index is 804. The molecule has 0 saturated carbocycles. The molecule has 0 aliphatic rings. The Balaban J connectivity index is 2.07. The molecule has 0 fully saturated rings. The van der Waals surface area contributed by atoms with E-state index < -0.39 is 30.6 Å². The van der Waals surface area contributed by atoms with Gasteiger partial charge in [-0.2, -0.15) is 8.78 Å². The van der Waals surface area contributed by atoms with Crippen LogP contribution in [0.1, 0.15) is 36.7 Å². The molecule has 0 bridgehead atoms. The van der Waals surface area contributed by atoms with Crippen molar-refractivity contribution in [2.45, 2.75) is 39.5 Å². The molecule has 0 saturated heterocycles. The summed E-state index contributed by atoms with van der Waals surface area (Å²) in [6.45, 7) is 2.40. The highest BCUT2D eigenvalue weighted by molar-refractivity contribution is 5.94. The fourth-order valence-corrected chi connectivity index (χ4v) is 2.58. The molecule has 150 valence electrons. The maximum absolute atomic E-state index is 12.7. The second kappa shape index (κ2) is 9.30. The van der Waals surface area contributed by atoms with Gasteiger partial charge in [0.2, 0.25) is 0 Å². The number of ether oxygens (including phenoxy) is 2. The van der Waals surface area contributed by atoms with E-state index in [0.717, 1.165) is 5.56 Å². The van der Waals surface area contributed by atoms with E-state index in [0.29, 0.717) is 6.54 Å². The minimum absolute atomic E-state index is 0.166. The SMILES string of the molecule is CC(C)(C)N(Cc1ccccc1)C(=O)COC(=O)c1ccccc1OC(F)F. The van der Waals surface area contributed by atoms with Gasteiger partial charge in [-0.3, -0.25) is 4.79 Å². The maximum atomic E-state index is 12.7. The number of nitrogens with zero attached hydrogens (tertiary/aromatic N) is 1. The Labute approximate surface area is 162 Å². The average Bonchev–Trinajstić information content (AvgIpc) is 2.64. The molecule has 0 aliphatic carbocycles. The third-order valence-electron chi connectivity index (χ3n) is 3.94. The van der Waals surface area contributed by atoms with Crippen LogP contribution in [-0.2, 0) is 16.1 Å². The summed E-state index contributed by atoms with van der Waals surface area (Å²) in [7, 11) is 0. The number of amides is 1. The first-order valence-corrected chi connectivity index (χ1v) is 8.74. The van der Waals surface area contributed by atoms with E-state index in [1.807, 2.05) is 51.1 Å². The van der Waals surface area contributed by atoms with Gasteiger partial charge in [-0.1, -0.05) is 42.5 Å². The topological polar surface area (TPSA) is 55.8 Å². The van der Waals surface area contributed by atoms with Gasteiger partial charge in [0.05, 0.1) is 0 Å². The summed E-state index contributed by atoms with van der Waals surface area (Å²) >= 11 is 0. The molecule has 2 rings (SSSR count). The number of hydrogen-bond acceptors (Lipinski definition) is 4. The molecule has 1 amide bonds. The molecule has 2 aromatic rings. The average molecular weight is 391 g/mol. The van der Waals surface area contributed by atoms with Crippen molar-refractivity contribution < 1.29 is 27.8 Å². The highest BCUT2D eigenvalue weighted by atomic mass is 19.3. The van der Waals surface area contributed by atoms with E-state index in [-0.39, 0.29) is 11.3 Å². The number of carbonyl (C=O) groups excluding carboxylic acids is 2. The first kappa shape index (κ1) is 21.3. The Morgan fingerprint density at radius 3 is 2.21 bits per heavy atom. The third-order valence-corrected chi connectivity index (χ3v) is 3.94. The van der Waals surface area contributed by atoms with Crippen LogP contribution in [-0.4, -0.2) is 35.5 Å². The smallest absolute Gasteiger partial charge is 0.387 e. The van der Waals surface area contributed by atoms with Crippen LogP contribution in [0.5, 0.6) is 5.75 Å². The van der Waals surface area contributed by atoms with E-state index in [1.165, 1.54) is 24.3 Å². The highest BCUT2D eigenvalue weighted by Gasteiger charge is 2.28. The lowest BCUT2D eigenvalue weighted by Crippen LogP contribution is -2.46. The van der Waals surface area contributed by atoms with Crippen molar-refractivity contribution in [3.8, 4) is 5.75 Å². The predicted octanol–water partition coefficient (Wildman–Crippen LogP) is 4.27. The number of esters is 1. The number of halogens is 2. The fourth-order valence-electron chi connectivity index (χ4n) is 2.58. The number of benzene rings is 2. The van der Waals surface area contributed by atoms with Crippen molar-refractivity contribution in [1.82, 2.24) is 4.90 Å². The van der Waals surface area contributed by atoms with E-state index in [4.69, 9.17) is 4.74 Å². The van der Waals surface area contributed by atoms with Crippen LogP contribution in [0.4, 0.5) is 8.78 Å². The molecule has 0 aromatic heterocycles. The van der Waals surface area contributed by atoms with Gasteiger partial charge in [-0.15, -0.1) is 0 Å². The standard InChI is InChI=1S/C21H23F2NO4/c1-21(2,3)24(13-15-9-5-4-6-10-15)18(25)14-27-19(26)16-11-7-8-12-17(16)28-20(22)23/h4-12,20H,13-14H2,1-3H3. The zero-order valence-electron chi connectivity index (χ0n) is 16.0. The lowest BCUT2D eigenvalue weighted by Gasteiger charge is -2.35. The van der Waals surface area contributed by atoms with Crippen LogP contribution in [0.3, 0.4) is 0 Å². The molecule has 0 atom stereocenters. The summed E-state index contributed by atoms with van der Waals surface area (Å²) in [5, 5.41) is 0. The molecule has 28 heavy (non-hydrogen) atoms. The van der Waals surface area contributed by atoms with Crippen LogP contribution in [0.25, 0.3) is 0 Å². The molecule has 0 N–H and O–H groups in total. The Morgan fingerprint density at radius 2 is 1.61 bits per heavy atom. The van der Waals surface area contributed by atoms with Crippen molar-refractivity contribution >= 4 is 11.9 Å². The summed E-state index contributed by atoms with van der Waals surface area (Å²) in [6, 6.07) is 14.9. The molecule has 7 heteroatoms. The minimum atomic E-state index is -3.07. The van der Waals surface area contributed by atoms with Gasteiger partial charge in [0.1, 0.15) is 11.3 Å². The molecule has 0 heterocycles. The van der Waals surface area contributed by atoms with Crippen molar-refractivity contribution in [2.75, 3.05) is 6.61 Å². The zero-order valence-corrected chi connectivity index (χ0v) is 16.0. The first-order chi connectivity index (χ1) is 13.2. The second-order valence-electron chi connectivity index (χ2n) is 7.09. The maximum Gasteiger partial charge on any atom is 0.387 e. The predicted molar refractivity (Wildman–Crippen MR) is 100 cm³/mol. The quantitative estimate of drug-likeness (QED) is 0.662. The summed E-state index contributed by atoms with van der Waals surface area (Å²) in [6.07, 6.45) is 0. The van der Waals surface area contributed by atoms with Crippen LogP contribution in [0, 0.1) is 0 Å². The summed E-state index contributed by atoms with van der Waals surface area (Å²) in [5.41, 5.74) is 0.268. The van der Waals surface area contributed by atoms with Crippen LogP contribution < -0.4 is 4.74 Å². The number of para-hydroxylation sites is 1. The van der Waals surface area contributed by atoms with E-state index in [2.05, 4.69) is 4.74 Å². The van der Waals surface area contributed by atoms with Crippen molar-refractivity contribution in [3.05, 3.63) is 65.7 Å². The first-order valence-electron chi connectivity index (χ1n) is 8.74. The second-order valence-corrected chi connectivity index (χ2v) is 7.09. The number of hydrogen-bond donors (Lipinski definition) is 0. The van der Waals surface area contributed by atoms with Crippen LogP contribution >= 0.6 is 0 Å². The van der Waals surface area contributed by atoms with Crippen molar-refractivity contribution in [3.63, 3.8) is 0 Å². The summed E-state index contributed by atoms with van der Waals surface area (Å²) < 4.78 is 34.4. The molecule has 5 nitrogen and oxygen atoms in total. The third kappa shape index (κ3) is 6.04. The minimum Gasteiger partial charge on any atom is -0.452 e. The molecule has 0 aliphatic heterocycles. The van der Waals surface area contributed by atoms with Gasteiger partial charge >= 0.3 is 12.6 Å². The Kier molecular flexibility index (Phi) is 7.09. The van der Waals surface area contributed by atoms with Crippen molar-refractivity contribution in [2.24, 2.45) is 0 Å². The molecular weight excluding hydrogens is 368 g/mol. The van der Waals surface area contributed by atoms with Crippen molar-refractivity contribution in [1.29, 1.82) is 0 Å². The molecule has 0 radical (unpaired) electrons. The van der Waals surface area contributed by atoms with Gasteiger partial charge in [0.25, 0.3) is 5.91 Å². The summed E-state index contributed by atoms with van der Waals surface area (Å²) in [5.74, 6) is -1.60. The number of rotatable bonds is 7. The normalized spacial score (nSPS) is 11.2. The fraction of sp³-hybridized carbons (Fsp3) is 0.333. The van der Waals surface area contributed by atoms with Crippen LogP contribution in [0.2, 0.25) is 0 Å². The number of carbonyl (C=O) groups is 2. The Morgan fingerprint density at radius 1 is 1.00 bits per heavy atom. The largest absolute Gasteiger partial charge is 0.452 e. The molecular formula is C21H23F2NO4. The summed E-state index contributed by atoms with van der Waals surface area (Å²) in [4.78, 5) is 26.5.